The van der Waals surface area contributed by atoms with Gasteiger partial charge < -0.3 is 0 Å². The summed E-state index contributed by atoms with van der Waals surface area (Å²) in [6.07, 6.45) is 0. The second-order valence-electron chi connectivity index (χ2n) is 12.0. The van der Waals surface area contributed by atoms with E-state index in [1.54, 1.807) is 22.5 Å². The van der Waals surface area contributed by atoms with Crippen molar-refractivity contribution in [3.05, 3.63) is 154 Å². The molecule has 2 heterocycles. The Bertz CT molecular complexity index is 2290. The quantitative estimate of drug-likeness (QED) is 0.155. The third kappa shape index (κ3) is 9.08. The number of aromatic nitrogens is 6. The van der Waals surface area contributed by atoms with Crippen LogP contribution in [0.15, 0.2) is 107 Å². The van der Waals surface area contributed by atoms with Gasteiger partial charge in [-0.3, -0.25) is 18.7 Å². The summed E-state index contributed by atoms with van der Waals surface area (Å²) in [5, 5.41) is 19.0. The van der Waals surface area contributed by atoms with Crippen molar-refractivity contribution in [3.8, 4) is 40.2 Å². The number of hydrogen-bond acceptors (Lipinski definition) is 6. The molecule has 11 heteroatoms. The Labute approximate surface area is 335 Å². The first-order chi connectivity index (χ1) is 24.1. The van der Waals surface area contributed by atoms with Crippen LogP contribution in [0.25, 0.3) is 34.2 Å². The van der Waals surface area contributed by atoms with E-state index in [4.69, 9.17) is 15.3 Å². The van der Waals surface area contributed by atoms with E-state index in [1.807, 2.05) is 86.1 Å². The van der Waals surface area contributed by atoms with Gasteiger partial charge in [-0.05, 0) is 87.7 Å². The molecule has 7 aromatic rings. The zero-order valence-electron chi connectivity index (χ0n) is 29.3. The third-order valence-corrected chi connectivity index (χ3v) is 8.77. The minimum absolute atomic E-state index is 0. The normalized spacial score (nSPS) is 10.3. The largest absolute Gasteiger partial charge is 0.265 e. The molecule has 266 valence electrons. The summed E-state index contributed by atoms with van der Waals surface area (Å²) < 4.78 is 16.7. The molecule has 52 heavy (non-hydrogen) atoms. The first-order valence-electron chi connectivity index (χ1n) is 16.0. The molecule has 0 bridgehead atoms. The van der Waals surface area contributed by atoms with Crippen molar-refractivity contribution in [2.45, 2.75) is 51.6 Å². The maximum Gasteiger partial charge on any atom is 0.243 e. The minimum atomic E-state index is -0.372. The maximum absolute atomic E-state index is 13.1. The zero-order valence-corrected chi connectivity index (χ0v) is 34.9. The van der Waals surface area contributed by atoms with Crippen LogP contribution in [0, 0.1) is 70.8 Å². The molecule has 2 radical (unpaired) electrons. The Balaban J connectivity index is 0.000000227. The van der Waals surface area contributed by atoms with Crippen molar-refractivity contribution in [2.75, 3.05) is 0 Å². The summed E-state index contributed by atoms with van der Waals surface area (Å²) in [7, 11) is 0. The van der Waals surface area contributed by atoms with Crippen LogP contribution in [0.4, 0.5) is 4.39 Å². The molecule has 0 unspecified atom stereocenters. The first-order valence-corrected chi connectivity index (χ1v) is 16.8. The molecule has 7 rings (SSSR count). The van der Waals surface area contributed by atoms with Crippen LogP contribution in [0.3, 0.4) is 0 Å². The van der Waals surface area contributed by atoms with E-state index in [-0.39, 0.29) is 51.9 Å². The summed E-state index contributed by atoms with van der Waals surface area (Å²) in [4.78, 5) is 10.2. The van der Waals surface area contributed by atoms with Crippen molar-refractivity contribution in [3.63, 3.8) is 0 Å². The molecule has 0 N–H and O–H groups in total. The van der Waals surface area contributed by atoms with Crippen molar-refractivity contribution >= 4 is 11.8 Å². The van der Waals surface area contributed by atoms with E-state index >= 15 is 0 Å². The maximum atomic E-state index is 13.1. The fraction of sp³-hybridized carbons (Fsp3) is 0.146. The molecule has 0 aliphatic carbocycles. The molecule has 2 aromatic heterocycles. The Kier molecular flexibility index (Phi) is 13.8. The SMILES string of the molecule is Cc1cc(C)c(-n2nc(C#N)nc2-c2[c-]cc(F)cc2)c(C)c1.Cc1cc(C)c(-n2nc(Sc3ccccc3)nc2-c2[c-]cccc2)c(C)c1.[Ir].[Ir]. The Morgan fingerprint density at radius 2 is 1.19 bits per heavy atom. The Morgan fingerprint density at radius 1 is 0.654 bits per heavy atom. The van der Waals surface area contributed by atoms with E-state index < -0.39 is 0 Å². The van der Waals surface area contributed by atoms with Gasteiger partial charge in [0.1, 0.15) is 6.07 Å². The number of nitriles is 1. The second kappa shape index (κ2) is 17.8. The van der Waals surface area contributed by atoms with Gasteiger partial charge >= 0.3 is 0 Å². The van der Waals surface area contributed by atoms with Gasteiger partial charge in [0, 0.05) is 50.9 Å². The monoisotopic (exact) mass is 1060 g/mol. The standard InChI is InChI=1S/C23H20N3S.C18H14FN4.2Ir/c1-16-14-17(2)21(18(3)15-16)26-22(19-10-6-4-7-11-19)24-23(25-26)27-20-12-8-5-9-13-20;1-11-8-12(2)17(13(3)9-11)23-18(21-16(10-20)22-23)14-4-6-15(19)7-5-14;;/h4-10,12-15H,1-3H3;4,6-9H,1-3H3;;/q2*-1;;. The van der Waals surface area contributed by atoms with Crippen LogP contribution >= 0.6 is 11.8 Å². The summed E-state index contributed by atoms with van der Waals surface area (Å²) in [6.45, 7) is 12.4. The molecule has 0 fully saturated rings. The summed E-state index contributed by atoms with van der Waals surface area (Å²) >= 11 is 1.57. The number of aryl methyl sites for hydroxylation is 6. The average Bonchev–Trinajstić information content (AvgIpc) is 3.70. The van der Waals surface area contributed by atoms with Crippen LogP contribution in [0.5, 0.6) is 0 Å². The molecule has 0 amide bonds. The fourth-order valence-electron chi connectivity index (χ4n) is 6.04. The predicted molar refractivity (Wildman–Crippen MR) is 195 cm³/mol. The van der Waals surface area contributed by atoms with E-state index in [9.17, 15) is 4.39 Å². The molecule has 5 aromatic carbocycles. The number of hydrogen-bond donors (Lipinski definition) is 0. The molecule has 0 aliphatic rings. The zero-order chi connectivity index (χ0) is 35.4. The van der Waals surface area contributed by atoms with Gasteiger partial charge in [-0.2, -0.15) is 5.26 Å². The smallest absolute Gasteiger partial charge is 0.243 e. The Hall–Kier alpha value is -4.55. The molecular formula is C41H34FIr2N7S-2. The van der Waals surface area contributed by atoms with Crippen LogP contribution in [0.1, 0.15) is 39.2 Å². The van der Waals surface area contributed by atoms with Crippen LogP contribution < -0.4 is 0 Å². The molecular weight excluding hydrogens is 1030 g/mol. The van der Waals surface area contributed by atoms with Gasteiger partial charge in [-0.15, -0.1) is 75.9 Å². The molecule has 0 aliphatic heterocycles. The van der Waals surface area contributed by atoms with Crippen molar-refractivity contribution in [1.82, 2.24) is 29.5 Å². The fourth-order valence-corrected chi connectivity index (χ4v) is 6.80. The summed E-state index contributed by atoms with van der Waals surface area (Å²) in [6, 6.07) is 38.8. The van der Waals surface area contributed by atoms with Crippen LogP contribution in [0.2, 0.25) is 0 Å². The van der Waals surface area contributed by atoms with Crippen LogP contribution in [-0.2, 0) is 40.2 Å². The number of benzene rings is 5. The number of rotatable bonds is 6. The first kappa shape index (κ1) is 40.2. The predicted octanol–water partition coefficient (Wildman–Crippen LogP) is 9.48. The van der Waals surface area contributed by atoms with Crippen molar-refractivity contribution in [1.29, 1.82) is 5.26 Å². The van der Waals surface area contributed by atoms with Gasteiger partial charge in [0.05, 0.1) is 23.0 Å². The van der Waals surface area contributed by atoms with E-state index in [1.165, 1.54) is 28.8 Å². The van der Waals surface area contributed by atoms with Gasteiger partial charge in [-0.25, -0.2) is 4.98 Å². The van der Waals surface area contributed by atoms with Crippen molar-refractivity contribution < 1.29 is 44.6 Å². The molecule has 0 saturated carbocycles. The van der Waals surface area contributed by atoms with E-state index in [2.05, 4.69) is 67.3 Å². The summed E-state index contributed by atoms with van der Waals surface area (Å²) in [5.74, 6) is 0.973. The van der Waals surface area contributed by atoms with Gasteiger partial charge in [0.2, 0.25) is 11.0 Å². The topological polar surface area (TPSA) is 85.2 Å². The summed E-state index contributed by atoms with van der Waals surface area (Å²) in [5.41, 5.74) is 10.3. The van der Waals surface area contributed by atoms with Crippen LogP contribution in [-0.4, -0.2) is 29.5 Å². The van der Waals surface area contributed by atoms with Gasteiger partial charge in [0.25, 0.3) is 0 Å². The molecule has 7 nitrogen and oxygen atoms in total. The Morgan fingerprint density at radius 3 is 1.71 bits per heavy atom. The van der Waals surface area contributed by atoms with E-state index in [0.29, 0.717) is 11.4 Å². The van der Waals surface area contributed by atoms with Gasteiger partial charge in [0.15, 0.2) is 0 Å². The average molecular weight is 1060 g/mol. The second-order valence-corrected chi connectivity index (χ2v) is 13.1. The number of nitrogens with zero attached hydrogens (tertiary/aromatic N) is 7. The molecule has 0 saturated heterocycles. The third-order valence-electron chi connectivity index (χ3n) is 7.91. The minimum Gasteiger partial charge on any atom is -0.265 e. The van der Waals surface area contributed by atoms with Gasteiger partial charge in [-0.1, -0.05) is 53.6 Å². The van der Waals surface area contributed by atoms with E-state index in [0.717, 1.165) is 49.5 Å². The molecule has 0 spiro atoms. The molecule has 0 atom stereocenters. The number of halogens is 1. The van der Waals surface area contributed by atoms with Crippen molar-refractivity contribution in [2.24, 2.45) is 0 Å².